The van der Waals surface area contributed by atoms with Gasteiger partial charge in [-0.2, -0.15) is 0 Å². The minimum Gasteiger partial charge on any atom is -0.496 e. The van der Waals surface area contributed by atoms with Crippen molar-refractivity contribution in [2.24, 2.45) is 0 Å². The SMILES string of the molecule is CCC(Nc1ccc(C)c(OC)c1C)c1ccco1. The van der Waals surface area contributed by atoms with Crippen LogP contribution in [0.3, 0.4) is 0 Å². The highest BCUT2D eigenvalue weighted by Gasteiger charge is 2.15. The lowest BCUT2D eigenvalue weighted by Crippen LogP contribution is -2.10. The third-order valence-electron chi connectivity index (χ3n) is 3.43. The van der Waals surface area contributed by atoms with Crippen molar-refractivity contribution in [1.29, 1.82) is 0 Å². The lowest BCUT2D eigenvalue weighted by atomic mass is 10.1. The van der Waals surface area contributed by atoms with E-state index in [2.05, 4.69) is 38.2 Å². The summed E-state index contributed by atoms with van der Waals surface area (Å²) >= 11 is 0. The van der Waals surface area contributed by atoms with Gasteiger partial charge in [0, 0.05) is 11.3 Å². The fourth-order valence-electron chi connectivity index (χ4n) is 2.35. The quantitative estimate of drug-likeness (QED) is 0.860. The maximum absolute atomic E-state index is 5.49. The first kappa shape index (κ1) is 13.5. The first-order chi connectivity index (χ1) is 9.17. The molecule has 0 aliphatic heterocycles. The van der Waals surface area contributed by atoms with Crippen molar-refractivity contribution in [1.82, 2.24) is 0 Å². The van der Waals surface area contributed by atoms with Crippen molar-refractivity contribution in [3.63, 3.8) is 0 Å². The molecule has 0 spiro atoms. The van der Waals surface area contributed by atoms with E-state index in [1.165, 1.54) is 0 Å². The van der Waals surface area contributed by atoms with E-state index in [-0.39, 0.29) is 6.04 Å². The lowest BCUT2D eigenvalue weighted by molar-refractivity contribution is 0.408. The van der Waals surface area contributed by atoms with E-state index in [0.717, 1.165) is 34.7 Å². The molecule has 1 aromatic heterocycles. The van der Waals surface area contributed by atoms with Crippen molar-refractivity contribution in [2.45, 2.75) is 33.2 Å². The Morgan fingerprint density at radius 2 is 2.05 bits per heavy atom. The Bertz CT molecular complexity index is 532. The molecule has 0 aliphatic rings. The van der Waals surface area contributed by atoms with Crippen molar-refractivity contribution in [3.8, 4) is 5.75 Å². The lowest BCUT2D eigenvalue weighted by Gasteiger charge is -2.20. The Morgan fingerprint density at radius 1 is 1.26 bits per heavy atom. The van der Waals surface area contributed by atoms with Crippen LogP contribution in [0.1, 0.15) is 36.3 Å². The number of anilines is 1. The maximum Gasteiger partial charge on any atom is 0.126 e. The zero-order chi connectivity index (χ0) is 13.8. The average Bonchev–Trinajstić information content (AvgIpc) is 2.92. The number of hydrogen-bond donors (Lipinski definition) is 1. The van der Waals surface area contributed by atoms with Gasteiger partial charge in [0.1, 0.15) is 11.5 Å². The fraction of sp³-hybridized carbons (Fsp3) is 0.375. The van der Waals surface area contributed by atoms with Crippen molar-refractivity contribution < 1.29 is 9.15 Å². The van der Waals surface area contributed by atoms with Crippen LogP contribution < -0.4 is 10.1 Å². The highest BCUT2D eigenvalue weighted by molar-refractivity contribution is 5.60. The van der Waals surface area contributed by atoms with E-state index < -0.39 is 0 Å². The van der Waals surface area contributed by atoms with Crippen LogP contribution in [0.25, 0.3) is 0 Å². The molecule has 1 N–H and O–H groups in total. The number of methoxy groups -OCH3 is 1. The highest BCUT2D eigenvalue weighted by Crippen LogP contribution is 2.32. The van der Waals surface area contributed by atoms with E-state index in [9.17, 15) is 0 Å². The van der Waals surface area contributed by atoms with Crippen LogP contribution in [0.15, 0.2) is 34.9 Å². The topological polar surface area (TPSA) is 34.4 Å². The second-order valence-corrected chi connectivity index (χ2v) is 4.71. The molecule has 0 saturated carbocycles. The molecule has 0 radical (unpaired) electrons. The van der Waals surface area contributed by atoms with Gasteiger partial charge in [0.2, 0.25) is 0 Å². The normalized spacial score (nSPS) is 12.2. The van der Waals surface area contributed by atoms with Crippen LogP contribution >= 0.6 is 0 Å². The fourth-order valence-corrected chi connectivity index (χ4v) is 2.35. The Morgan fingerprint density at radius 3 is 2.63 bits per heavy atom. The summed E-state index contributed by atoms with van der Waals surface area (Å²) in [6.45, 7) is 6.27. The number of furan rings is 1. The van der Waals surface area contributed by atoms with Crippen LogP contribution in [-0.4, -0.2) is 7.11 Å². The van der Waals surface area contributed by atoms with Gasteiger partial charge in [-0.3, -0.25) is 0 Å². The van der Waals surface area contributed by atoms with E-state index in [0.29, 0.717) is 0 Å². The molecule has 1 unspecified atom stereocenters. The van der Waals surface area contributed by atoms with Gasteiger partial charge < -0.3 is 14.5 Å². The van der Waals surface area contributed by atoms with Crippen molar-refractivity contribution in [3.05, 3.63) is 47.4 Å². The summed E-state index contributed by atoms with van der Waals surface area (Å²) in [6.07, 6.45) is 2.67. The number of benzene rings is 1. The molecule has 2 rings (SSSR count). The third kappa shape index (κ3) is 2.75. The Kier molecular flexibility index (Phi) is 4.15. The van der Waals surface area contributed by atoms with Gasteiger partial charge in [0.15, 0.2) is 0 Å². The standard InChI is InChI=1S/C16H21NO2/c1-5-13(15-7-6-10-19-15)17-14-9-8-11(2)16(18-4)12(14)3/h6-10,13,17H,5H2,1-4H3. The molecule has 0 fully saturated rings. The minimum atomic E-state index is 0.182. The number of ether oxygens (including phenoxy) is 1. The van der Waals surface area contributed by atoms with E-state index in [1.807, 2.05) is 12.1 Å². The number of rotatable bonds is 5. The molecular formula is C16H21NO2. The predicted octanol–water partition coefficient (Wildman–Crippen LogP) is 4.47. The van der Waals surface area contributed by atoms with E-state index in [1.54, 1.807) is 13.4 Å². The van der Waals surface area contributed by atoms with Gasteiger partial charge in [0.25, 0.3) is 0 Å². The van der Waals surface area contributed by atoms with Gasteiger partial charge in [-0.15, -0.1) is 0 Å². The molecule has 0 bridgehead atoms. The number of aryl methyl sites for hydroxylation is 1. The molecule has 1 atom stereocenters. The average molecular weight is 259 g/mol. The van der Waals surface area contributed by atoms with Crippen LogP contribution in [0.4, 0.5) is 5.69 Å². The molecule has 2 aromatic rings. The third-order valence-corrected chi connectivity index (χ3v) is 3.43. The summed E-state index contributed by atoms with van der Waals surface area (Å²) in [6, 6.07) is 8.27. The maximum atomic E-state index is 5.49. The monoisotopic (exact) mass is 259 g/mol. The summed E-state index contributed by atoms with van der Waals surface area (Å²) in [4.78, 5) is 0. The Labute approximate surface area is 114 Å². The molecule has 1 aromatic carbocycles. The largest absolute Gasteiger partial charge is 0.496 e. The summed E-state index contributed by atoms with van der Waals surface area (Å²) in [5, 5.41) is 3.53. The first-order valence-corrected chi connectivity index (χ1v) is 6.61. The molecule has 1 heterocycles. The van der Waals surface area contributed by atoms with Gasteiger partial charge in [0.05, 0.1) is 19.4 Å². The van der Waals surface area contributed by atoms with Crippen molar-refractivity contribution in [2.75, 3.05) is 12.4 Å². The molecule has 0 saturated heterocycles. The zero-order valence-corrected chi connectivity index (χ0v) is 12.0. The minimum absolute atomic E-state index is 0.182. The summed E-state index contributed by atoms with van der Waals surface area (Å²) in [5.74, 6) is 1.90. The Hall–Kier alpha value is -1.90. The highest BCUT2D eigenvalue weighted by atomic mass is 16.5. The van der Waals surface area contributed by atoms with Gasteiger partial charge in [-0.05, 0) is 44.0 Å². The molecule has 102 valence electrons. The molecular weight excluding hydrogens is 238 g/mol. The second-order valence-electron chi connectivity index (χ2n) is 4.71. The van der Waals surface area contributed by atoms with Crippen molar-refractivity contribution >= 4 is 5.69 Å². The molecule has 3 nitrogen and oxygen atoms in total. The Balaban J connectivity index is 2.28. The molecule has 0 amide bonds. The van der Waals surface area contributed by atoms with Crippen LogP contribution in [0, 0.1) is 13.8 Å². The summed E-state index contributed by atoms with van der Waals surface area (Å²) < 4.78 is 10.9. The van der Waals surface area contributed by atoms with Gasteiger partial charge in [-0.1, -0.05) is 13.0 Å². The van der Waals surface area contributed by atoms with E-state index >= 15 is 0 Å². The van der Waals surface area contributed by atoms with Crippen LogP contribution in [0.5, 0.6) is 5.75 Å². The van der Waals surface area contributed by atoms with Gasteiger partial charge in [-0.25, -0.2) is 0 Å². The molecule has 19 heavy (non-hydrogen) atoms. The first-order valence-electron chi connectivity index (χ1n) is 6.61. The number of nitrogens with one attached hydrogen (secondary N) is 1. The number of hydrogen-bond acceptors (Lipinski definition) is 3. The summed E-state index contributed by atoms with van der Waals surface area (Å²) in [7, 11) is 1.71. The summed E-state index contributed by atoms with van der Waals surface area (Å²) in [5.41, 5.74) is 3.37. The predicted molar refractivity (Wildman–Crippen MR) is 77.8 cm³/mol. The van der Waals surface area contributed by atoms with Gasteiger partial charge >= 0.3 is 0 Å². The van der Waals surface area contributed by atoms with Crippen LogP contribution in [-0.2, 0) is 0 Å². The molecule has 3 heteroatoms. The zero-order valence-electron chi connectivity index (χ0n) is 12.0. The van der Waals surface area contributed by atoms with Crippen LogP contribution in [0.2, 0.25) is 0 Å². The van der Waals surface area contributed by atoms with E-state index in [4.69, 9.17) is 9.15 Å². The smallest absolute Gasteiger partial charge is 0.126 e. The molecule has 0 aliphatic carbocycles. The second kappa shape index (κ2) is 5.83.